The van der Waals surface area contributed by atoms with Crippen molar-refractivity contribution in [1.82, 2.24) is 9.80 Å². The van der Waals surface area contributed by atoms with Crippen molar-refractivity contribution in [3.8, 4) is 11.5 Å². The molecule has 3 aliphatic heterocycles. The number of thioether (sulfide) groups is 2. The van der Waals surface area contributed by atoms with E-state index in [1.165, 1.54) is 29.1 Å². The predicted molar refractivity (Wildman–Crippen MR) is 122 cm³/mol. The van der Waals surface area contributed by atoms with Gasteiger partial charge in [0, 0.05) is 38.3 Å². The fourth-order valence-electron chi connectivity index (χ4n) is 4.05. The molecule has 0 atom stereocenters. The predicted octanol–water partition coefficient (Wildman–Crippen LogP) is 4.24. The Kier molecular flexibility index (Phi) is 6.11. The fourth-order valence-corrected chi connectivity index (χ4v) is 6.95. The van der Waals surface area contributed by atoms with Gasteiger partial charge >= 0.3 is 0 Å². The van der Waals surface area contributed by atoms with E-state index in [0.29, 0.717) is 11.4 Å². The average Bonchev–Trinajstić information content (AvgIpc) is 3.28. The average molecular weight is 443 g/mol. The summed E-state index contributed by atoms with van der Waals surface area (Å²) in [6, 6.07) is 14.4. The highest BCUT2D eigenvalue weighted by molar-refractivity contribution is 8.16. The Morgan fingerprint density at radius 3 is 2.43 bits per heavy atom. The summed E-state index contributed by atoms with van der Waals surface area (Å²) in [5.41, 5.74) is 3.34. The highest BCUT2D eigenvalue weighted by Gasteiger charge is 2.23. The lowest BCUT2D eigenvalue weighted by Gasteiger charge is -2.35. The van der Waals surface area contributed by atoms with Gasteiger partial charge in [0.05, 0.1) is 4.58 Å². The molecule has 2 fully saturated rings. The van der Waals surface area contributed by atoms with Crippen LogP contribution in [0.1, 0.15) is 32.5 Å². The van der Waals surface area contributed by atoms with E-state index in [2.05, 4.69) is 29.2 Å². The second kappa shape index (κ2) is 9.12. The van der Waals surface area contributed by atoms with Crippen LogP contribution in [0.2, 0.25) is 0 Å². The Bertz CT molecular complexity index is 892. The summed E-state index contributed by atoms with van der Waals surface area (Å²) < 4.78 is 11.4. The number of hydrogen-bond acceptors (Lipinski definition) is 6. The van der Waals surface area contributed by atoms with Crippen molar-refractivity contribution in [3.05, 3.63) is 59.2 Å². The minimum atomic E-state index is 0.147. The number of hydrogen-bond donors (Lipinski definition) is 0. The normalized spacial score (nSPS) is 19.8. The fraction of sp³-hybridized carbons (Fsp3) is 0.435. The molecule has 2 aromatic rings. The van der Waals surface area contributed by atoms with Gasteiger partial charge in [-0.15, -0.1) is 23.5 Å². The summed E-state index contributed by atoms with van der Waals surface area (Å²) >= 11 is 4.03. The molecule has 0 spiro atoms. The monoisotopic (exact) mass is 442 g/mol. The van der Waals surface area contributed by atoms with Crippen molar-refractivity contribution in [2.24, 2.45) is 0 Å². The van der Waals surface area contributed by atoms with Gasteiger partial charge in [0.25, 0.3) is 5.91 Å². The maximum atomic E-state index is 12.9. The lowest BCUT2D eigenvalue weighted by molar-refractivity contribution is 0.0628. The van der Waals surface area contributed by atoms with Crippen molar-refractivity contribution in [1.29, 1.82) is 0 Å². The molecule has 2 saturated heterocycles. The van der Waals surface area contributed by atoms with Gasteiger partial charge in [-0.25, -0.2) is 0 Å². The van der Waals surface area contributed by atoms with E-state index < -0.39 is 0 Å². The summed E-state index contributed by atoms with van der Waals surface area (Å²) in [5, 5.41) is 0. The van der Waals surface area contributed by atoms with Crippen molar-refractivity contribution >= 4 is 29.4 Å². The third-order valence-electron chi connectivity index (χ3n) is 5.76. The molecule has 2 aromatic carbocycles. The van der Waals surface area contributed by atoms with Crippen molar-refractivity contribution < 1.29 is 14.3 Å². The van der Waals surface area contributed by atoms with Crippen LogP contribution in [-0.2, 0) is 6.54 Å². The number of rotatable bonds is 4. The smallest absolute Gasteiger partial charge is 0.253 e. The lowest BCUT2D eigenvalue weighted by atomic mass is 10.1. The van der Waals surface area contributed by atoms with Crippen molar-refractivity contribution in [3.63, 3.8) is 0 Å². The summed E-state index contributed by atoms with van der Waals surface area (Å²) in [5.74, 6) is 4.26. The number of carbonyl (C=O) groups excluding carboxylic acids is 1. The summed E-state index contributed by atoms with van der Waals surface area (Å²) in [4.78, 5) is 17.3. The van der Waals surface area contributed by atoms with Gasteiger partial charge in [-0.2, -0.15) is 0 Å². The van der Waals surface area contributed by atoms with Crippen LogP contribution in [0, 0.1) is 0 Å². The maximum absolute atomic E-state index is 12.9. The molecule has 0 bridgehead atoms. The van der Waals surface area contributed by atoms with Crippen LogP contribution in [0.4, 0.5) is 0 Å². The van der Waals surface area contributed by atoms with Crippen LogP contribution < -0.4 is 9.47 Å². The van der Waals surface area contributed by atoms with Gasteiger partial charge in [0.15, 0.2) is 11.5 Å². The summed E-state index contributed by atoms with van der Waals surface area (Å²) in [6.07, 6.45) is 1.29. The van der Waals surface area contributed by atoms with Gasteiger partial charge in [-0.3, -0.25) is 9.69 Å². The first kappa shape index (κ1) is 20.1. The number of piperazine rings is 1. The first-order valence-electron chi connectivity index (χ1n) is 10.5. The Balaban J connectivity index is 1.15. The largest absolute Gasteiger partial charge is 0.454 e. The Labute approximate surface area is 186 Å². The van der Waals surface area contributed by atoms with E-state index in [1.807, 2.05) is 46.6 Å². The van der Waals surface area contributed by atoms with E-state index >= 15 is 0 Å². The minimum absolute atomic E-state index is 0.147. The number of amides is 1. The molecule has 0 saturated carbocycles. The number of benzene rings is 2. The molecule has 0 N–H and O–H groups in total. The lowest BCUT2D eigenvalue weighted by Crippen LogP contribution is -2.48. The number of nitrogens with zero attached hydrogens (tertiary/aromatic N) is 2. The molecule has 5 nitrogen and oxygen atoms in total. The van der Waals surface area contributed by atoms with Crippen LogP contribution in [-0.4, -0.2) is 60.2 Å². The molecule has 0 aromatic heterocycles. The topological polar surface area (TPSA) is 42.0 Å². The molecule has 0 unspecified atom stereocenters. The zero-order valence-electron chi connectivity index (χ0n) is 16.9. The quantitative estimate of drug-likeness (QED) is 0.706. The number of ether oxygens (including phenoxy) is 2. The van der Waals surface area contributed by atoms with E-state index in [4.69, 9.17) is 9.47 Å². The molecule has 1 amide bonds. The molecule has 5 rings (SSSR count). The molecule has 0 radical (unpaired) electrons. The highest BCUT2D eigenvalue weighted by Crippen LogP contribution is 2.43. The molecule has 158 valence electrons. The molecule has 0 aliphatic carbocycles. The van der Waals surface area contributed by atoms with Gasteiger partial charge in [0.2, 0.25) is 6.79 Å². The van der Waals surface area contributed by atoms with Gasteiger partial charge in [0.1, 0.15) is 0 Å². The Morgan fingerprint density at radius 2 is 1.67 bits per heavy atom. The summed E-state index contributed by atoms with van der Waals surface area (Å²) in [6.45, 7) is 4.46. The number of carbonyl (C=O) groups is 1. The zero-order chi connectivity index (χ0) is 20.3. The third-order valence-corrected chi connectivity index (χ3v) is 8.77. The first-order chi connectivity index (χ1) is 14.8. The maximum Gasteiger partial charge on any atom is 0.253 e. The van der Waals surface area contributed by atoms with Crippen LogP contribution in [0.25, 0.3) is 0 Å². The first-order valence-corrected chi connectivity index (χ1v) is 12.6. The van der Waals surface area contributed by atoms with Crippen LogP contribution >= 0.6 is 23.5 Å². The molecular weight excluding hydrogens is 416 g/mol. The van der Waals surface area contributed by atoms with Crippen LogP contribution in [0.3, 0.4) is 0 Å². The standard InChI is InChI=1S/C23H26N2O3S2/c26-22(18-3-5-19(6-4-18)23-29-12-1-13-30-23)25-10-8-24(9-11-25)15-17-2-7-20-21(14-17)28-16-27-20/h2-7,14,23H,1,8-13,15-16H2. The number of fused-ring (bicyclic) bond motifs is 1. The van der Waals surface area contributed by atoms with Crippen LogP contribution in [0.5, 0.6) is 11.5 Å². The van der Waals surface area contributed by atoms with Crippen molar-refractivity contribution in [2.45, 2.75) is 17.5 Å². The van der Waals surface area contributed by atoms with E-state index in [9.17, 15) is 4.79 Å². The Hall–Kier alpha value is -1.83. The summed E-state index contributed by atoms with van der Waals surface area (Å²) in [7, 11) is 0. The van der Waals surface area contributed by atoms with Gasteiger partial charge in [-0.1, -0.05) is 18.2 Å². The van der Waals surface area contributed by atoms with E-state index in [-0.39, 0.29) is 5.91 Å². The molecule has 7 heteroatoms. The molecule has 3 heterocycles. The highest BCUT2D eigenvalue weighted by atomic mass is 32.2. The van der Waals surface area contributed by atoms with Crippen LogP contribution in [0.15, 0.2) is 42.5 Å². The SMILES string of the molecule is O=C(c1ccc(C2SCCCS2)cc1)N1CCN(Cc2ccc3c(c2)OCO3)CC1. The minimum Gasteiger partial charge on any atom is -0.454 e. The second-order valence-electron chi connectivity index (χ2n) is 7.81. The second-order valence-corrected chi connectivity index (χ2v) is 10.5. The van der Waals surface area contributed by atoms with Crippen molar-refractivity contribution in [2.75, 3.05) is 44.5 Å². The zero-order valence-corrected chi connectivity index (χ0v) is 18.6. The molecule has 30 heavy (non-hydrogen) atoms. The Morgan fingerprint density at radius 1 is 0.933 bits per heavy atom. The van der Waals surface area contributed by atoms with Gasteiger partial charge < -0.3 is 14.4 Å². The van der Waals surface area contributed by atoms with Gasteiger partial charge in [-0.05, 0) is 53.3 Å². The molecular formula is C23H26N2O3S2. The molecule has 3 aliphatic rings. The van der Waals surface area contributed by atoms with E-state index in [0.717, 1.165) is 49.8 Å². The van der Waals surface area contributed by atoms with E-state index in [1.54, 1.807) is 0 Å². The third kappa shape index (κ3) is 4.43.